The van der Waals surface area contributed by atoms with Crippen LogP contribution in [0.1, 0.15) is 12.2 Å². The Kier molecular flexibility index (Phi) is 9.13. The van der Waals surface area contributed by atoms with E-state index in [1.807, 2.05) is 50.5 Å². The maximum Gasteiger partial charge on any atom is 0.227 e. The summed E-state index contributed by atoms with van der Waals surface area (Å²) in [5.41, 5.74) is 6.76. The maximum atomic E-state index is 9.40. The largest absolute Gasteiger partial charge is 0.494 e. The van der Waals surface area contributed by atoms with Crippen molar-refractivity contribution in [3.8, 4) is 28.4 Å². The molecule has 0 aliphatic heterocycles. The first kappa shape index (κ1) is 29.9. The second-order valence-electron chi connectivity index (χ2n) is 11.0. The summed E-state index contributed by atoms with van der Waals surface area (Å²) < 4.78 is 11.5. The number of benzene rings is 2. The molecule has 2 aromatic carbocycles. The lowest BCUT2D eigenvalue weighted by Gasteiger charge is -2.28. The number of rotatable bonds is 13. The van der Waals surface area contributed by atoms with Gasteiger partial charge in [-0.1, -0.05) is 12.1 Å². The van der Waals surface area contributed by atoms with Crippen LogP contribution in [0.25, 0.3) is 33.6 Å². The van der Waals surface area contributed by atoms with Crippen LogP contribution in [-0.2, 0) is 6.42 Å². The summed E-state index contributed by atoms with van der Waals surface area (Å²) in [5.74, 6) is 1.89. The molecule has 226 valence electrons. The van der Waals surface area contributed by atoms with Gasteiger partial charge in [0, 0.05) is 70.5 Å². The Labute approximate surface area is 252 Å². The molecule has 0 aliphatic carbocycles. The molecule has 3 N–H and O–H groups in total. The second kappa shape index (κ2) is 13.1. The van der Waals surface area contributed by atoms with Crippen molar-refractivity contribution in [3.63, 3.8) is 0 Å². The van der Waals surface area contributed by atoms with Gasteiger partial charge < -0.3 is 39.3 Å². The number of nitrogens with zero attached hydrogens (tertiary/aromatic N) is 6. The number of anilines is 4. The molecule has 5 rings (SSSR count). The first-order chi connectivity index (χ1) is 20.8. The molecule has 0 saturated carbocycles. The van der Waals surface area contributed by atoms with Gasteiger partial charge in [0.15, 0.2) is 0 Å². The van der Waals surface area contributed by atoms with Gasteiger partial charge >= 0.3 is 0 Å². The van der Waals surface area contributed by atoms with E-state index in [1.54, 1.807) is 19.6 Å². The highest BCUT2D eigenvalue weighted by molar-refractivity contribution is 5.86. The molecule has 0 radical (unpaired) electrons. The average Bonchev–Trinajstić information content (AvgIpc) is 3.65. The van der Waals surface area contributed by atoms with Crippen molar-refractivity contribution in [2.45, 2.75) is 12.8 Å². The molecule has 0 aliphatic rings. The maximum absolute atomic E-state index is 9.40. The van der Waals surface area contributed by atoms with Gasteiger partial charge in [0.2, 0.25) is 5.95 Å². The topological polar surface area (TPSA) is 119 Å². The number of aromatic nitrogens is 4. The number of ether oxygens (including phenoxy) is 1. The van der Waals surface area contributed by atoms with E-state index >= 15 is 0 Å². The highest BCUT2D eigenvalue weighted by Crippen LogP contribution is 2.39. The molecule has 3 aromatic heterocycles. The van der Waals surface area contributed by atoms with E-state index in [2.05, 4.69) is 57.2 Å². The van der Waals surface area contributed by atoms with E-state index < -0.39 is 0 Å². The number of aryl methyl sites for hydroxylation is 1. The van der Waals surface area contributed by atoms with Crippen LogP contribution in [-0.4, -0.2) is 92.0 Å². The summed E-state index contributed by atoms with van der Waals surface area (Å²) in [7, 11) is 12.0. The molecule has 0 unspecified atom stereocenters. The number of furan rings is 1. The third-order valence-corrected chi connectivity index (χ3v) is 7.28. The van der Waals surface area contributed by atoms with E-state index in [1.165, 1.54) is 0 Å². The van der Waals surface area contributed by atoms with E-state index in [9.17, 15) is 5.11 Å². The number of imidazole rings is 1. The highest BCUT2D eigenvalue weighted by atomic mass is 16.5. The van der Waals surface area contributed by atoms with Crippen LogP contribution in [0.2, 0.25) is 0 Å². The molecule has 43 heavy (non-hydrogen) atoms. The predicted molar refractivity (Wildman–Crippen MR) is 173 cm³/mol. The normalized spacial score (nSPS) is 11.3. The van der Waals surface area contributed by atoms with Crippen molar-refractivity contribution in [3.05, 3.63) is 60.7 Å². The number of aliphatic hydroxyl groups is 1. The van der Waals surface area contributed by atoms with Gasteiger partial charge in [0.05, 0.1) is 47.5 Å². The minimum atomic E-state index is 0.0896. The SMILES string of the molecule is COc1cc(N(C)CCN(C)C)c(N(C)C)cc1Nc1nccc(-c2[nH]c(CCCO)nc2-c2ccc3ccoc3c2)n1. The van der Waals surface area contributed by atoms with Crippen LogP contribution in [0.4, 0.5) is 23.0 Å². The number of nitrogens with one attached hydrogen (secondary N) is 2. The van der Waals surface area contributed by atoms with Crippen molar-refractivity contribution in [2.24, 2.45) is 0 Å². The number of methoxy groups -OCH3 is 1. The van der Waals surface area contributed by atoms with Crippen LogP contribution in [0, 0.1) is 0 Å². The number of fused-ring (bicyclic) bond motifs is 1. The summed E-state index contributed by atoms with van der Waals surface area (Å²) in [5, 5.41) is 13.8. The molecular weight excluding hydrogens is 544 g/mol. The molecule has 0 amide bonds. The molecule has 11 heteroatoms. The van der Waals surface area contributed by atoms with Crippen LogP contribution in [0.3, 0.4) is 0 Å². The Morgan fingerprint density at radius 2 is 1.81 bits per heavy atom. The van der Waals surface area contributed by atoms with Gasteiger partial charge in [-0.3, -0.25) is 0 Å². The molecule has 11 nitrogen and oxygen atoms in total. The molecule has 0 spiro atoms. The lowest BCUT2D eigenvalue weighted by Crippen LogP contribution is -2.29. The van der Waals surface area contributed by atoms with Crippen molar-refractivity contribution in [1.82, 2.24) is 24.8 Å². The van der Waals surface area contributed by atoms with Crippen molar-refractivity contribution < 1.29 is 14.3 Å². The zero-order valence-electron chi connectivity index (χ0n) is 25.7. The number of hydrogen-bond acceptors (Lipinski definition) is 10. The third-order valence-electron chi connectivity index (χ3n) is 7.28. The zero-order chi connectivity index (χ0) is 30.5. The van der Waals surface area contributed by atoms with E-state index in [0.29, 0.717) is 30.2 Å². The summed E-state index contributed by atoms with van der Waals surface area (Å²) in [6.07, 6.45) is 4.62. The lowest BCUT2D eigenvalue weighted by atomic mass is 10.1. The van der Waals surface area contributed by atoms with Crippen LogP contribution in [0.15, 0.2) is 59.3 Å². The Balaban J connectivity index is 1.50. The fraction of sp³-hybridized carbons (Fsp3) is 0.344. The Hall–Kier alpha value is -4.61. The average molecular weight is 585 g/mol. The van der Waals surface area contributed by atoms with Crippen molar-refractivity contribution >= 4 is 34.0 Å². The Bertz CT molecular complexity index is 1680. The van der Waals surface area contributed by atoms with Gasteiger partial charge in [-0.2, -0.15) is 0 Å². The van der Waals surface area contributed by atoms with E-state index in [-0.39, 0.29) is 6.61 Å². The first-order valence-corrected chi connectivity index (χ1v) is 14.3. The molecule has 0 atom stereocenters. The summed E-state index contributed by atoms with van der Waals surface area (Å²) in [6.45, 7) is 1.89. The smallest absolute Gasteiger partial charge is 0.227 e. The fourth-order valence-electron chi connectivity index (χ4n) is 4.92. The van der Waals surface area contributed by atoms with Gasteiger partial charge in [0.1, 0.15) is 17.2 Å². The minimum Gasteiger partial charge on any atom is -0.494 e. The Morgan fingerprint density at radius 3 is 2.56 bits per heavy atom. The fourth-order valence-corrected chi connectivity index (χ4v) is 4.92. The summed E-state index contributed by atoms with van der Waals surface area (Å²) >= 11 is 0. The number of likely N-dealkylation sites (N-methyl/N-ethyl adjacent to an activating group) is 2. The van der Waals surface area contributed by atoms with E-state index in [0.717, 1.165) is 63.9 Å². The number of hydrogen-bond donors (Lipinski definition) is 3. The van der Waals surface area contributed by atoms with Crippen molar-refractivity contribution in [1.29, 1.82) is 0 Å². The number of aliphatic hydroxyl groups excluding tert-OH is 1. The second-order valence-corrected chi connectivity index (χ2v) is 11.0. The summed E-state index contributed by atoms with van der Waals surface area (Å²) in [6, 6.07) is 13.9. The Morgan fingerprint density at radius 1 is 0.977 bits per heavy atom. The van der Waals surface area contributed by atoms with Crippen LogP contribution < -0.4 is 19.9 Å². The van der Waals surface area contributed by atoms with Gasteiger partial charge in [-0.15, -0.1) is 0 Å². The molecule has 5 aromatic rings. The van der Waals surface area contributed by atoms with Crippen LogP contribution in [0.5, 0.6) is 5.75 Å². The lowest BCUT2D eigenvalue weighted by molar-refractivity contribution is 0.287. The number of H-pyrrole nitrogens is 1. The van der Waals surface area contributed by atoms with Gasteiger partial charge in [0.25, 0.3) is 0 Å². The van der Waals surface area contributed by atoms with E-state index in [4.69, 9.17) is 19.1 Å². The molecule has 0 bridgehead atoms. The third kappa shape index (κ3) is 6.73. The predicted octanol–water partition coefficient (Wildman–Crippen LogP) is 5.02. The first-order valence-electron chi connectivity index (χ1n) is 14.3. The minimum absolute atomic E-state index is 0.0896. The van der Waals surface area contributed by atoms with Gasteiger partial charge in [-0.25, -0.2) is 15.0 Å². The molecule has 0 fully saturated rings. The zero-order valence-corrected chi connectivity index (χ0v) is 25.7. The van der Waals surface area contributed by atoms with Crippen LogP contribution >= 0.6 is 0 Å². The number of aromatic amines is 1. The van der Waals surface area contributed by atoms with Crippen molar-refractivity contribution in [2.75, 3.05) is 77.2 Å². The molecular formula is C32H40N8O3. The standard InChI is InChI=1S/C32H40N8O3/c1-38(2)14-15-40(5)26-20-28(42-6)24(19-25(26)39(3)4)35-32-33-13-11-23(34-32)31-30(36-29(37-31)8-7-16-41)22-10-9-21-12-17-43-27(21)18-22/h9-13,17-20,41H,7-8,14-16H2,1-6H3,(H,36,37)(H,33,34,35). The molecule has 3 heterocycles. The quantitative estimate of drug-likeness (QED) is 0.174. The van der Waals surface area contributed by atoms with Gasteiger partial charge in [-0.05, 0) is 44.8 Å². The summed E-state index contributed by atoms with van der Waals surface area (Å²) in [4.78, 5) is 24.2. The highest BCUT2D eigenvalue weighted by Gasteiger charge is 2.19. The molecule has 0 saturated heterocycles. The monoisotopic (exact) mass is 584 g/mol.